The van der Waals surface area contributed by atoms with Crippen LogP contribution in [0.1, 0.15) is 10.4 Å². The standard InChI is InChI=1S/C18H13FN2O3S/c19-13-4-2-1-3-12(13)17(22)21-18-20-14(10-25-18)11-5-6-15-16(9-11)24-8-7-23-15/h1-6,9-10H,7-8H2,(H,20,21,22). The van der Waals surface area contributed by atoms with Crippen molar-refractivity contribution >= 4 is 22.4 Å². The summed E-state index contributed by atoms with van der Waals surface area (Å²) in [5.41, 5.74) is 1.54. The summed E-state index contributed by atoms with van der Waals surface area (Å²) in [7, 11) is 0. The molecule has 1 amide bonds. The van der Waals surface area contributed by atoms with Gasteiger partial charge in [0.15, 0.2) is 16.6 Å². The van der Waals surface area contributed by atoms with Crippen molar-refractivity contribution in [2.75, 3.05) is 18.5 Å². The third-order valence-electron chi connectivity index (χ3n) is 3.68. The van der Waals surface area contributed by atoms with Crippen LogP contribution in [0.15, 0.2) is 47.8 Å². The third kappa shape index (κ3) is 3.18. The van der Waals surface area contributed by atoms with E-state index in [1.165, 1.54) is 29.5 Å². The number of aromatic nitrogens is 1. The molecule has 4 rings (SSSR count). The Morgan fingerprint density at radius 3 is 2.76 bits per heavy atom. The molecule has 1 aromatic heterocycles. The number of benzene rings is 2. The number of nitrogens with one attached hydrogen (secondary N) is 1. The summed E-state index contributed by atoms with van der Waals surface area (Å²) >= 11 is 1.27. The van der Waals surface area contributed by atoms with Gasteiger partial charge in [-0.25, -0.2) is 9.37 Å². The van der Waals surface area contributed by atoms with E-state index >= 15 is 0 Å². The highest BCUT2D eigenvalue weighted by Gasteiger charge is 2.16. The van der Waals surface area contributed by atoms with Gasteiger partial charge in [0.05, 0.1) is 11.3 Å². The van der Waals surface area contributed by atoms with E-state index in [0.717, 1.165) is 5.56 Å². The lowest BCUT2D eigenvalue weighted by atomic mass is 10.1. The molecular weight excluding hydrogens is 343 g/mol. The van der Waals surface area contributed by atoms with Crippen LogP contribution in [0.4, 0.5) is 9.52 Å². The van der Waals surface area contributed by atoms with Gasteiger partial charge < -0.3 is 9.47 Å². The first-order chi connectivity index (χ1) is 12.2. The highest BCUT2D eigenvalue weighted by Crippen LogP contribution is 2.35. The molecule has 7 heteroatoms. The molecule has 3 aromatic rings. The fourth-order valence-corrected chi connectivity index (χ4v) is 3.19. The average molecular weight is 356 g/mol. The number of amides is 1. The van der Waals surface area contributed by atoms with E-state index in [4.69, 9.17) is 9.47 Å². The number of halogens is 1. The molecular formula is C18H13FN2O3S. The number of hydrogen-bond donors (Lipinski definition) is 1. The summed E-state index contributed by atoms with van der Waals surface area (Å²) in [5.74, 6) is 0.289. The first kappa shape index (κ1) is 15.6. The van der Waals surface area contributed by atoms with Crippen LogP contribution in [0.25, 0.3) is 11.3 Å². The molecule has 0 aliphatic carbocycles. The van der Waals surface area contributed by atoms with Crippen LogP contribution in [0, 0.1) is 5.82 Å². The quantitative estimate of drug-likeness (QED) is 0.771. The molecule has 0 unspecified atom stereocenters. The van der Waals surface area contributed by atoms with Crippen molar-refractivity contribution < 1.29 is 18.7 Å². The molecule has 0 spiro atoms. The molecule has 0 saturated carbocycles. The molecule has 1 N–H and O–H groups in total. The first-order valence-electron chi connectivity index (χ1n) is 7.62. The normalized spacial score (nSPS) is 12.7. The van der Waals surface area contributed by atoms with Gasteiger partial charge in [-0.1, -0.05) is 12.1 Å². The van der Waals surface area contributed by atoms with Gasteiger partial charge in [-0.15, -0.1) is 11.3 Å². The molecule has 2 heterocycles. The second kappa shape index (κ2) is 6.52. The highest BCUT2D eigenvalue weighted by molar-refractivity contribution is 7.14. The van der Waals surface area contributed by atoms with Crippen molar-refractivity contribution in [3.8, 4) is 22.8 Å². The fourth-order valence-electron chi connectivity index (χ4n) is 2.48. The molecule has 0 saturated heterocycles. The van der Waals surface area contributed by atoms with Crippen LogP contribution in [0.2, 0.25) is 0 Å². The monoisotopic (exact) mass is 356 g/mol. The third-order valence-corrected chi connectivity index (χ3v) is 4.44. The van der Waals surface area contributed by atoms with Crippen LogP contribution in [0.5, 0.6) is 11.5 Å². The lowest BCUT2D eigenvalue weighted by molar-refractivity contribution is 0.102. The van der Waals surface area contributed by atoms with E-state index < -0.39 is 11.7 Å². The number of fused-ring (bicyclic) bond motifs is 1. The molecule has 0 radical (unpaired) electrons. The van der Waals surface area contributed by atoms with Gasteiger partial charge in [-0.05, 0) is 30.3 Å². The van der Waals surface area contributed by atoms with Crippen molar-refractivity contribution in [1.29, 1.82) is 0 Å². The number of rotatable bonds is 3. The zero-order valence-electron chi connectivity index (χ0n) is 13.0. The topological polar surface area (TPSA) is 60.5 Å². The van der Waals surface area contributed by atoms with Gasteiger partial charge in [0.1, 0.15) is 19.0 Å². The zero-order chi connectivity index (χ0) is 17.2. The second-order valence-electron chi connectivity index (χ2n) is 5.33. The van der Waals surface area contributed by atoms with Gasteiger partial charge >= 0.3 is 0 Å². The molecule has 0 bridgehead atoms. The lowest BCUT2D eigenvalue weighted by Crippen LogP contribution is -2.15. The number of ether oxygens (including phenoxy) is 2. The minimum absolute atomic E-state index is 0.0152. The summed E-state index contributed by atoms with van der Waals surface area (Å²) < 4.78 is 24.7. The molecule has 1 aliphatic heterocycles. The zero-order valence-corrected chi connectivity index (χ0v) is 13.8. The maximum Gasteiger partial charge on any atom is 0.260 e. The van der Waals surface area contributed by atoms with Crippen LogP contribution >= 0.6 is 11.3 Å². The number of anilines is 1. The Kier molecular flexibility index (Phi) is 4.07. The number of hydrogen-bond acceptors (Lipinski definition) is 5. The Hall–Kier alpha value is -2.93. The Bertz CT molecular complexity index is 942. The van der Waals surface area contributed by atoms with Gasteiger partial charge in [-0.3, -0.25) is 10.1 Å². The summed E-state index contributed by atoms with van der Waals surface area (Å²) in [5, 5.41) is 4.85. The summed E-state index contributed by atoms with van der Waals surface area (Å²) in [4.78, 5) is 16.5. The van der Waals surface area contributed by atoms with Crippen molar-refractivity contribution in [3.63, 3.8) is 0 Å². The maximum atomic E-state index is 13.7. The lowest BCUT2D eigenvalue weighted by Gasteiger charge is -2.18. The average Bonchev–Trinajstić information content (AvgIpc) is 3.10. The van der Waals surface area contributed by atoms with Crippen LogP contribution in [0.3, 0.4) is 0 Å². The van der Waals surface area contributed by atoms with Crippen LogP contribution < -0.4 is 14.8 Å². The minimum Gasteiger partial charge on any atom is -0.486 e. The molecule has 5 nitrogen and oxygen atoms in total. The maximum absolute atomic E-state index is 13.7. The van der Waals surface area contributed by atoms with E-state index in [1.54, 1.807) is 6.07 Å². The summed E-state index contributed by atoms with van der Waals surface area (Å²) in [6.07, 6.45) is 0. The second-order valence-corrected chi connectivity index (χ2v) is 6.19. The Balaban J connectivity index is 1.54. The molecule has 126 valence electrons. The summed E-state index contributed by atoms with van der Waals surface area (Å²) in [6.45, 7) is 1.05. The Morgan fingerprint density at radius 2 is 1.92 bits per heavy atom. The molecule has 2 aromatic carbocycles. The van der Waals surface area contributed by atoms with Gasteiger partial charge in [0.2, 0.25) is 0 Å². The largest absolute Gasteiger partial charge is 0.486 e. The molecule has 0 atom stereocenters. The fraction of sp³-hybridized carbons (Fsp3) is 0.111. The molecule has 25 heavy (non-hydrogen) atoms. The number of carbonyl (C=O) groups excluding carboxylic acids is 1. The smallest absolute Gasteiger partial charge is 0.260 e. The van der Waals surface area contributed by atoms with Crippen molar-refractivity contribution in [2.24, 2.45) is 0 Å². The number of carbonyl (C=O) groups is 1. The predicted octanol–water partition coefficient (Wildman–Crippen LogP) is 3.97. The highest BCUT2D eigenvalue weighted by atomic mass is 32.1. The van der Waals surface area contributed by atoms with E-state index in [0.29, 0.717) is 35.5 Å². The van der Waals surface area contributed by atoms with Crippen LogP contribution in [-0.2, 0) is 0 Å². The molecule has 0 fully saturated rings. The van der Waals surface area contributed by atoms with E-state index in [2.05, 4.69) is 10.3 Å². The summed E-state index contributed by atoms with van der Waals surface area (Å²) in [6, 6.07) is 11.4. The van der Waals surface area contributed by atoms with Gasteiger partial charge in [-0.2, -0.15) is 0 Å². The van der Waals surface area contributed by atoms with E-state index in [9.17, 15) is 9.18 Å². The Labute approximate surface area is 147 Å². The van der Waals surface area contributed by atoms with Gasteiger partial charge in [0.25, 0.3) is 5.91 Å². The molecule has 1 aliphatic rings. The number of nitrogens with zero attached hydrogens (tertiary/aromatic N) is 1. The SMILES string of the molecule is O=C(Nc1nc(-c2ccc3c(c2)OCCO3)cs1)c1ccccc1F. The van der Waals surface area contributed by atoms with Crippen molar-refractivity contribution in [3.05, 3.63) is 59.2 Å². The minimum atomic E-state index is -0.566. The van der Waals surface area contributed by atoms with Gasteiger partial charge in [0, 0.05) is 10.9 Å². The number of thiazole rings is 1. The first-order valence-corrected chi connectivity index (χ1v) is 8.50. The van der Waals surface area contributed by atoms with Crippen molar-refractivity contribution in [1.82, 2.24) is 4.98 Å². The van der Waals surface area contributed by atoms with Crippen molar-refractivity contribution in [2.45, 2.75) is 0 Å². The van der Waals surface area contributed by atoms with E-state index in [1.807, 2.05) is 23.6 Å². The predicted molar refractivity (Wildman–Crippen MR) is 92.9 cm³/mol. The van der Waals surface area contributed by atoms with E-state index in [-0.39, 0.29) is 5.56 Å². The Morgan fingerprint density at radius 1 is 1.12 bits per heavy atom. The van der Waals surface area contributed by atoms with Crippen LogP contribution in [-0.4, -0.2) is 24.1 Å².